The summed E-state index contributed by atoms with van der Waals surface area (Å²) in [6.07, 6.45) is 0.154. The molecule has 0 heterocycles. The van der Waals surface area contributed by atoms with Crippen LogP contribution in [0.3, 0.4) is 0 Å². The second-order valence-corrected chi connectivity index (χ2v) is 3.20. The number of Topliss-reactive ketones (excluding diaryl/α,β-unsaturated/α-hetero) is 1. The molecule has 4 heteroatoms. The van der Waals surface area contributed by atoms with E-state index in [2.05, 4.69) is 12.0 Å². The molecule has 0 saturated heterocycles. The van der Waals surface area contributed by atoms with E-state index in [9.17, 15) is 4.79 Å². The summed E-state index contributed by atoms with van der Waals surface area (Å²) in [6, 6.07) is 0. The number of nitrogens with two attached hydrogens (primary N) is 1. The largest absolute Gasteiger partial charge is 0.359 e. The van der Waals surface area contributed by atoms with Crippen LogP contribution in [0.15, 0.2) is 12.2 Å². The highest BCUT2D eigenvalue weighted by molar-refractivity contribution is 5.92. The third-order valence-corrected chi connectivity index (χ3v) is 1.55. The van der Waals surface area contributed by atoms with Crippen LogP contribution in [0.25, 0.3) is 0 Å². The lowest BCUT2D eigenvalue weighted by Gasteiger charge is -2.19. The third kappa shape index (κ3) is 5.52. The van der Waals surface area contributed by atoms with E-state index in [1.165, 1.54) is 6.92 Å². The van der Waals surface area contributed by atoms with E-state index >= 15 is 0 Å². The number of nitrogens with one attached hydrogen (secondary N) is 1. The van der Waals surface area contributed by atoms with Crippen LogP contribution in [0.4, 0.5) is 0 Å². The average Bonchev–Trinajstić information content (AvgIpc) is 2.02. The number of hydrogen-bond donors (Lipinski definition) is 2. The zero-order chi connectivity index (χ0) is 10.4. The van der Waals surface area contributed by atoms with Crippen LogP contribution in [0.1, 0.15) is 27.2 Å². The van der Waals surface area contributed by atoms with Gasteiger partial charge in [-0.05, 0) is 26.3 Å². The second kappa shape index (κ2) is 5.85. The van der Waals surface area contributed by atoms with Gasteiger partial charge < -0.3 is 4.74 Å². The predicted molar refractivity (Wildman–Crippen MR) is 51.8 cm³/mol. The topological polar surface area (TPSA) is 64.3 Å². The molecule has 0 bridgehead atoms. The van der Waals surface area contributed by atoms with E-state index in [1.807, 2.05) is 13.8 Å². The maximum Gasteiger partial charge on any atom is 0.155 e. The van der Waals surface area contributed by atoms with Crippen LogP contribution in [0, 0.1) is 0 Å². The van der Waals surface area contributed by atoms with Crippen LogP contribution >= 0.6 is 0 Å². The van der Waals surface area contributed by atoms with Crippen LogP contribution in [-0.4, -0.2) is 18.1 Å². The quantitative estimate of drug-likeness (QED) is 0.278. The normalized spacial score (nSPS) is 13.0. The molecule has 76 valence electrons. The average molecular weight is 186 g/mol. The molecule has 0 spiro atoms. The Hall–Kier alpha value is -0.710. The van der Waals surface area contributed by atoms with Gasteiger partial charge in [-0.1, -0.05) is 6.58 Å². The lowest BCUT2D eigenvalue weighted by Crippen LogP contribution is -2.39. The van der Waals surface area contributed by atoms with Crippen molar-refractivity contribution in [2.24, 2.45) is 5.84 Å². The van der Waals surface area contributed by atoms with E-state index in [4.69, 9.17) is 10.6 Å². The third-order valence-electron chi connectivity index (χ3n) is 1.55. The number of hydrogen-bond acceptors (Lipinski definition) is 4. The summed E-state index contributed by atoms with van der Waals surface area (Å²) < 4.78 is 5.37. The van der Waals surface area contributed by atoms with Gasteiger partial charge in [-0.25, -0.2) is 5.43 Å². The van der Waals surface area contributed by atoms with Crippen LogP contribution in [-0.2, 0) is 9.53 Å². The van der Waals surface area contributed by atoms with Crippen LogP contribution < -0.4 is 11.3 Å². The number of carbonyl (C=O) groups is 1. The lowest BCUT2D eigenvalue weighted by atomic mass is 10.1. The number of ketones is 1. The van der Waals surface area contributed by atoms with Gasteiger partial charge in [0, 0.05) is 6.42 Å². The van der Waals surface area contributed by atoms with E-state index in [0.29, 0.717) is 12.0 Å². The Morgan fingerprint density at radius 3 is 2.46 bits per heavy atom. The molecule has 0 aromatic heterocycles. The van der Waals surface area contributed by atoms with Gasteiger partial charge in [0.25, 0.3) is 0 Å². The first kappa shape index (κ1) is 12.3. The molecule has 0 aromatic carbocycles. The van der Waals surface area contributed by atoms with E-state index in [0.717, 1.165) is 0 Å². The molecule has 3 N–H and O–H groups in total. The van der Waals surface area contributed by atoms with Gasteiger partial charge in [-0.15, -0.1) is 0 Å². The SMILES string of the molecule is C=C(CC(NN)OC(C)C)C(C)=O. The number of hydrazine groups is 1. The van der Waals surface area contributed by atoms with Crippen molar-refractivity contribution in [2.75, 3.05) is 0 Å². The van der Waals surface area contributed by atoms with Crippen molar-refractivity contribution in [1.29, 1.82) is 0 Å². The molecule has 0 aliphatic carbocycles. The highest BCUT2D eigenvalue weighted by atomic mass is 16.5. The molecule has 1 atom stereocenters. The monoisotopic (exact) mass is 186 g/mol. The molecule has 0 fully saturated rings. The first-order chi connectivity index (χ1) is 5.97. The van der Waals surface area contributed by atoms with E-state index < -0.39 is 0 Å². The van der Waals surface area contributed by atoms with Gasteiger partial charge in [-0.3, -0.25) is 10.6 Å². The molecule has 0 radical (unpaired) electrons. The Bertz CT molecular complexity index is 190. The molecule has 0 aliphatic heterocycles. The second-order valence-electron chi connectivity index (χ2n) is 3.20. The summed E-state index contributed by atoms with van der Waals surface area (Å²) in [5.74, 6) is 5.21. The predicted octanol–water partition coefficient (Wildman–Crippen LogP) is 0.736. The smallest absolute Gasteiger partial charge is 0.155 e. The summed E-state index contributed by atoms with van der Waals surface area (Å²) in [6.45, 7) is 8.91. The van der Waals surface area contributed by atoms with Crippen molar-refractivity contribution in [2.45, 2.75) is 39.5 Å². The van der Waals surface area contributed by atoms with Crippen molar-refractivity contribution in [1.82, 2.24) is 5.43 Å². The van der Waals surface area contributed by atoms with Crippen molar-refractivity contribution in [3.05, 3.63) is 12.2 Å². The van der Waals surface area contributed by atoms with E-state index in [1.54, 1.807) is 0 Å². The molecule has 0 aromatic rings. The summed E-state index contributed by atoms with van der Waals surface area (Å²) in [4.78, 5) is 10.9. The molecular weight excluding hydrogens is 168 g/mol. The molecule has 0 aliphatic rings. The fraction of sp³-hybridized carbons (Fsp3) is 0.667. The van der Waals surface area contributed by atoms with Crippen molar-refractivity contribution >= 4 is 5.78 Å². The van der Waals surface area contributed by atoms with Crippen molar-refractivity contribution in [3.63, 3.8) is 0 Å². The molecular formula is C9H18N2O2. The maximum atomic E-state index is 10.9. The minimum absolute atomic E-state index is 0.0346. The Kier molecular flexibility index (Phi) is 5.53. The maximum absolute atomic E-state index is 10.9. The zero-order valence-electron chi connectivity index (χ0n) is 8.46. The molecule has 0 rings (SSSR count). The van der Waals surface area contributed by atoms with Gasteiger partial charge in [0.2, 0.25) is 0 Å². The summed E-state index contributed by atoms with van der Waals surface area (Å²) in [7, 11) is 0. The molecule has 4 nitrogen and oxygen atoms in total. The fourth-order valence-corrected chi connectivity index (χ4v) is 0.842. The van der Waals surface area contributed by atoms with Crippen LogP contribution in [0.2, 0.25) is 0 Å². The number of rotatable bonds is 6. The van der Waals surface area contributed by atoms with Gasteiger partial charge in [0.1, 0.15) is 6.23 Å². The van der Waals surface area contributed by atoms with Gasteiger partial charge in [0.05, 0.1) is 6.10 Å². The fourth-order valence-electron chi connectivity index (χ4n) is 0.842. The molecule has 0 saturated carbocycles. The standard InChI is InChI=1S/C9H18N2O2/c1-6(2)13-9(11-10)5-7(3)8(4)12/h6,9,11H,3,5,10H2,1-2,4H3. The molecule has 13 heavy (non-hydrogen) atoms. The minimum Gasteiger partial charge on any atom is -0.359 e. The first-order valence-corrected chi connectivity index (χ1v) is 4.27. The number of ether oxygens (including phenoxy) is 1. The van der Waals surface area contributed by atoms with Gasteiger partial charge in [-0.2, -0.15) is 0 Å². The molecule has 0 amide bonds. The Morgan fingerprint density at radius 2 is 2.15 bits per heavy atom. The lowest BCUT2D eigenvalue weighted by molar-refractivity contribution is -0.114. The van der Waals surface area contributed by atoms with Crippen LogP contribution in [0.5, 0.6) is 0 Å². The Morgan fingerprint density at radius 1 is 1.62 bits per heavy atom. The Labute approximate surface area is 79.1 Å². The highest BCUT2D eigenvalue weighted by Gasteiger charge is 2.12. The van der Waals surface area contributed by atoms with Gasteiger partial charge in [0.15, 0.2) is 5.78 Å². The summed E-state index contributed by atoms with van der Waals surface area (Å²) in [5, 5.41) is 0. The van der Waals surface area contributed by atoms with Gasteiger partial charge >= 0.3 is 0 Å². The Balaban J connectivity index is 3.97. The first-order valence-electron chi connectivity index (χ1n) is 4.27. The summed E-state index contributed by atoms with van der Waals surface area (Å²) in [5.41, 5.74) is 3.00. The van der Waals surface area contributed by atoms with Crippen molar-refractivity contribution < 1.29 is 9.53 Å². The highest BCUT2D eigenvalue weighted by Crippen LogP contribution is 2.06. The summed E-state index contributed by atoms with van der Waals surface area (Å²) >= 11 is 0. The molecule has 1 unspecified atom stereocenters. The minimum atomic E-state index is -0.337. The van der Waals surface area contributed by atoms with Crippen molar-refractivity contribution in [3.8, 4) is 0 Å². The zero-order valence-corrected chi connectivity index (χ0v) is 8.46. The number of carbonyl (C=O) groups excluding carboxylic acids is 1. The van der Waals surface area contributed by atoms with E-state index in [-0.39, 0.29) is 18.1 Å².